The number of nitro benzene ring substituents is 1. The van der Waals surface area contributed by atoms with Gasteiger partial charge < -0.3 is 10.1 Å². The summed E-state index contributed by atoms with van der Waals surface area (Å²) in [5.74, 6) is 0.862. The van der Waals surface area contributed by atoms with Gasteiger partial charge in [-0.25, -0.2) is 0 Å². The molecule has 5 nitrogen and oxygen atoms in total. The summed E-state index contributed by atoms with van der Waals surface area (Å²) in [6.45, 7) is 0. The van der Waals surface area contributed by atoms with E-state index in [2.05, 4.69) is 17.5 Å². The van der Waals surface area contributed by atoms with Gasteiger partial charge in [-0.1, -0.05) is 24.3 Å². The van der Waals surface area contributed by atoms with Crippen LogP contribution in [0.15, 0.2) is 54.6 Å². The summed E-state index contributed by atoms with van der Waals surface area (Å²) in [7, 11) is 1.68. The summed E-state index contributed by atoms with van der Waals surface area (Å²) in [5.41, 5.74) is 3.30. The van der Waals surface area contributed by atoms with Gasteiger partial charge >= 0.3 is 0 Å². The van der Waals surface area contributed by atoms with Crippen molar-refractivity contribution in [2.45, 2.75) is 25.3 Å². The van der Waals surface area contributed by atoms with E-state index in [-0.39, 0.29) is 16.7 Å². The molecule has 1 unspecified atom stereocenters. The highest BCUT2D eigenvalue weighted by Crippen LogP contribution is 2.34. The molecule has 0 saturated carbocycles. The van der Waals surface area contributed by atoms with Crippen LogP contribution >= 0.6 is 0 Å². The maximum atomic E-state index is 10.8. The van der Waals surface area contributed by atoms with Gasteiger partial charge in [0.2, 0.25) is 0 Å². The van der Waals surface area contributed by atoms with Gasteiger partial charge in [0, 0.05) is 23.4 Å². The normalized spacial score (nSPS) is 17.0. The van der Waals surface area contributed by atoms with E-state index in [0.717, 1.165) is 36.3 Å². The zero-order chi connectivity index (χ0) is 16.9. The summed E-state index contributed by atoms with van der Waals surface area (Å²) in [4.78, 5) is 10.4. The molecule has 1 atom stereocenters. The van der Waals surface area contributed by atoms with Crippen molar-refractivity contribution in [2.75, 3.05) is 12.4 Å². The van der Waals surface area contributed by atoms with Crippen LogP contribution in [0.25, 0.3) is 5.57 Å². The second kappa shape index (κ2) is 7.17. The number of rotatable bonds is 5. The predicted molar refractivity (Wildman–Crippen MR) is 95.3 cm³/mol. The van der Waals surface area contributed by atoms with Crippen LogP contribution in [0.2, 0.25) is 0 Å². The zero-order valence-electron chi connectivity index (χ0n) is 13.6. The molecule has 2 aromatic rings. The smallest absolute Gasteiger partial charge is 0.269 e. The van der Waals surface area contributed by atoms with Crippen LogP contribution in [0.4, 0.5) is 11.4 Å². The number of nitrogens with zero attached hydrogens (tertiary/aromatic N) is 1. The Morgan fingerprint density at radius 3 is 2.62 bits per heavy atom. The fraction of sp³-hybridized carbons (Fsp3) is 0.263. The Morgan fingerprint density at radius 2 is 1.92 bits per heavy atom. The van der Waals surface area contributed by atoms with Crippen LogP contribution < -0.4 is 10.1 Å². The zero-order valence-corrected chi connectivity index (χ0v) is 13.6. The fourth-order valence-electron chi connectivity index (χ4n) is 3.09. The molecule has 0 spiro atoms. The molecule has 0 heterocycles. The maximum Gasteiger partial charge on any atom is 0.269 e. The number of nitrogens with one attached hydrogen (secondary N) is 1. The lowest BCUT2D eigenvalue weighted by atomic mass is 9.88. The first kappa shape index (κ1) is 16.1. The highest BCUT2D eigenvalue weighted by molar-refractivity contribution is 5.77. The molecule has 1 aliphatic rings. The van der Waals surface area contributed by atoms with Gasteiger partial charge in [0.05, 0.1) is 18.1 Å². The summed E-state index contributed by atoms with van der Waals surface area (Å²) >= 11 is 0. The average Bonchev–Trinajstić information content (AvgIpc) is 2.62. The molecule has 0 amide bonds. The molecule has 1 N–H and O–H groups in total. The van der Waals surface area contributed by atoms with Crippen molar-refractivity contribution in [1.29, 1.82) is 0 Å². The van der Waals surface area contributed by atoms with Crippen molar-refractivity contribution in [2.24, 2.45) is 0 Å². The molecule has 5 heteroatoms. The summed E-state index contributed by atoms with van der Waals surface area (Å²) in [5, 5.41) is 14.3. The summed E-state index contributed by atoms with van der Waals surface area (Å²) in [6, 6.07) is 14.7. The minimum absolute atomic E-state index is 0.102. The molecular weight excluding hydrogens is 304 g/mol. The van der Waals surface area contributed by atoms with E-state index in [9.17, 15) is 10.1 Å². The van der Waals surface area contributed by atoms with E-state index in [1.165, 1.54) is 17.7 Å². The topological polar surface area (TPSA) is 64.4 Å². The first-order valence-electron chi connectivity index (χ1n) is 8.03. The first-order valence-corrected chi connectivity index (χ1v) is 8.03. The van der Waals surface area contributed by atoms with Crippen molar-refractivity contribution < 1.29 is 9.66 Å². The Labute approximate surface area is 141 Å². The number of para-hydroxylation sites is 1. The van der Waals surface area contributed by atoms with Crippen LogP contribution in [-0.4, -0.2) is 18.1 Å². The molecule has 1 aliphatic carbocycles. The Balaban J connectivity index is 1.85. The minimum atomic E-state index is -0.384. The van der Waals surface area contributed by atoms with Crippen molar-refractivity contribution in [1.82, 2.24) is 0 Å². The molecular formula is C19H20N2O3. The minimum Gasteiger partial charge on any atom is -0.496 e. The monoisotopic (exact) mass is 324 g/mol. The van der Waals surface area contributed by atoms with E-state index < -0.39 is 0 Å². The lowest BCUT2D eigenvalue weighted by Crippen LogP contribution is -2.23. The van der Waals surface area contributed by atoms with Gasteiger partial charge in [0.15, 0.2) is 0 Å². The Bertz CT molecular complexity index is 753. The van der Waals surface area contributed by atoms with Crippen LogP contribution in [0.3, 0.4) is 0 Å². The number of ether oxygens (including phenoxy) is 1. The average molecular weight is 324 g/mol. The number of benzene rings is 2. The van der Waals surface area contributed by atoms with E-state index in [0.29, 0.717) is 0 Å². The van der Waals surface area contributed by atoms with Crippen LogP contribution in [0, 0.1) is 10.1 Å². The van der Waals surface area contributed by atoms with Crippen molar-refractivity contribution in [3.63, 3.8) is 0 Å². The van der Waals surface area contributed by atoms with Crippen LogP contribution in [0.5, 0.6) is 5.75 Å². The second-order valence-corrected chi connectivity index (χ2v) is 5.79. The lowest BCUT2D eigenvalue weighted by Gasteiger charge is -2.27. The largest absolute Gasteiger partial charge is 0.496 e. The van der Waals surface area contributed by atoms with E-state index in [4.69, 9.17) is 4.74 Å². The molecule has 0 bridgehead atoms. The Kier molecular flexibility index (Phi) is 4.79. The molecule has 2 aromatic carbocycles. The standard InChI is InChI=1S/C19H20N2O3/c1-24-19-9-5-3-7-17(19)16-6-2-4-8-18(16)20-14-10-12-15(13-11-14)21(22)23/h3,5-7,9-13,18,20H,2,4,8H2,1H3. The SMILES string of the molecule is COc1ccccc1C1=CCCCC1Nc1ccc([N+](=O)[O-])cc1. The summed E-state index contributed by atoms with van der Waals surface area (Å²) in [6.07, 6.45) is 5.43. The van der Waals surface area contributed by atoms with Gasteiger partial charge in [0.25, 0.3) is 5.69 Å². The molecule has 0 aromatic heterocycles. The summed E-state index contributed by atoms with van der Waals surface area (Å²) < 4.78 is 5.50. The second-order valence-electron chi connectivity index (χ2n) is 5.79. The number of allylic oxidation sites excluding steroid dienone is 1. The molecule has 124 valence electrons. The molecule has 0 saturated heterocycles. The number of hydrogen-bond donors (Lipinski definition) is 1. The quantitative estimate of drug-likeness (QED) is 0.642. The van der Waals surface area contributed by atoms with Crippen molar-refractivity contribution in [3.8, 4) is 5.75 Å². The Hall–Kier alpha value is -2.82. The van der Waals surface area contributed by atoms with Crippen LogP contribution in [0.1, 0.15) is 24.8 Å². The third-order valence-corrected chi connectivity index (χ3v) is 4.27. The van der Waals surface area contributed by atoms with Gasteiger partial charge in [-0.2, -0.15) is 0 Å². The number of methoxy groups -OCH3 is 1. The number of nitro groups is 1. The van der Waals surface area contributed by atoms with E-state index in [1.807, 2.05) is 18.2 Å². The Morgan fingerprint density at radius 1 is 1.17 bits per heavy atom. The van der Waals surface area contributed by atoms with Gasteiger partial charge in [-0.05, 0) is 43.0 Å². The molecule has 0 fully saturated rings. The third kappa shape index (κ3) is 3.40. The molecule has 0 aliphatic heterocycles. The first-order chi connectivity index (χ1) is 11.7. The maximum absolute atomic E-state index is 10.8. The van der Waals surface area contributed by atoms with Gasteiger partial charge in [0.1, 0.15) is 5.75 Å². The number of anilines is 1. The lowest BCUT2D eigenvalue weighted by molar-refractivity contribution is -0.384. The van der Waals surface area contributed by atoms with E-state index >= 15 is 0 Å². The third-order valence-electron chi connectivity index (χ3n) is 4.27. The predicted octanol–water partition coefficient (Wildman–Crippen LogP) is 4.65. The molecule has 24 heavy (non-hydrogen) atoms. The van der Waals surface area contributed by atoms with Gasteiger partial charge in [-0.3, -0.25) is 10.1 Å². The molecule has 3 rings (SSSR count). The van der Waals surface area contributed by atoms with Crippen LogP contribution in [-0.2, 0) is 0 Å². The number of non-ortho nitro benzene ring substituents is 1. The van der Waals surface area contributed by atoms with E-state index in [1.54, 1.807) is 19.2 Å². The van der Waals surface area contributed by atoms with Gasteiger partial charge in [-0.15, -0.1) is 0 Å². The molecule has 0 radical (unpaired) electrons. The fourth-order valence-corrected chi connectivity index (χ4v) is 3.09. The highest BCUT2D eigenvalue weighted by atomic mass is 16.6. The highest BCUT2D eigenvalue weighted by Gasteiger charge is 2.21. The van der Waals surface area contributed by atoms with Crippen molar-refractivity contribution in [3.05, 3.63) is 70.3 Å². The number of hydrogen-bond acceptors (Lipinski definition) is 4. The van der Waals surface area contributed by atoms with Crippen molar-refractivity contribution >= 4 is 16.9 Å².